The smallest absolute Gasteiger partial charge is 0.164 e. The summed E-state index contributed by atoms with van der Waals surface area (Å²) in [5.41, 5.74) is 2.78. The molecule has 0 aliphatic heterocycles. The van der Waals surface area contributed by atoms with Crippen LogP contribution in [0.3, 0.4) is 0 Å². The van der Waals surface area contributed by atoms with Crippen LogP contribution in [0.2, 0.25) is 0 Å². The van der Waals surface area contributed by atoms with Crippen molar-refractivity contribution in [3.05, 3.63) is 70.9 Å². The number of carbonyl (C=O) groups excluding carboxylic acids is 1. The zero-order valence-electron chi connectivity index (χ0n) is 15.1. The molecule has 3 aromatic heterocycles. The van der Waals surface area contributed by atoms with Crippen molar-refractivity contribution >= 4 is 17.5 Å². The van der Waals surface area contributed by atoms with Crippen LogP contribution in [0, 0.1) is 25.5 Å². The van der Waals surface area contributed by atoms with Gasteiger partial charge in [0.15, 0.2) is 5.65 Å². The van der Waals surface area contributed by atoms with Crippen molar-refractivity contribution in [2.45, 2.75) is 20.4 Å². The normalized spacial score (nSPS) is 11.1. The van der Waals surface area contributed by atoms with Crippen LogP contribution in [-0.4, -0.2) is 30.8 Å². The number of pyridine rings is 1. The number of nitrogens with zero attached hydrogens (tertiary/aromatic N) is 5. The monoisotopic (exact) mass is 379 g/mol. The van der Waals surface area contributed by atoms with Crippen LogP contribution in [0.15, 0.2) is 36.7 Å². The zero-order chi connectivity index (χ0) is 19.8. The Morgan fingerprint density at radius 2 is 1.89 bits per heavy atom. The topological polar surface area (TPSA) is 73.6 Å². The lowest BCUT2D eigenvalue weighted by Crippen LogP contribution is -2.06. The third-order valence-corrected chi connectivity index (χ3v) is 4.39. The van der Waals surface area contributed by atoms with Crippen molar-refractivity contribution in [3.8, 4) is 11.4 Å². The number of aryl methyl sites for hydroxylation is 2. The Hall–Kier alpha value is -3.55. The predicted molar refractivity (Wildman–Crippen MR) is 98.9 cm³/mol. The molecule has 0 spiro atoms. The van der Waals surface area contributed by atoms with Crippen molar-refractivity contribution in [2.75, 3.05) is 0 Å². The first-order valence-corrected chi connectivity index (χ1v) is 8.52. The molecular formula is C20H15F2N5O. The molecule has 8 heteroatoms. The summed E-state index contributed by atoms with van der Waals surface area (Å²) < 4.78 is 29.9. The van der Waals surface area contributed by atoms with Gasteiger partial charge < -0.3 is 4.57 Å². The molecule has 0 aliphatic rings. The van der Waals surface area contributed by atoms with Crippen LogP contribution >= 0.6 is 0 Å². The van der Waals surface area contributed by atoms with Gasteiger partial charge in [0.1, 0.15) is 35.1 Å². The number of carbonyl (C=O) groups is 1. The summed E-state index contributed by atoms with van der Waals surface area (Å²) in [6, 6.07) is 5.57. The number of imidazole rings is 1. The minimum Gasteiger partial charge on any atom is -0.304 e. The highest BCUT2D eigenvalue weighted by molar-refractivity contribution is 5.79. The fraction of sp³-hybridized carbons (Fsp3) is 0.150. The molecule has 0 bridgehead atoms. The van der Waals surface area contributed by atoms with Gasteiger partial charge in [0.25, 0.3) is 0 Å². The molecule has 28 heavy (non-hydrogen) atoms. The standard InChI is InChI=1S/C20H15F2N5O/c1-11-18-20(25-12(2)24-11)27(9-14-4-3-13(10-28)5-17(14)22)19(26-18)15-6-16(21)8-23-7-15/h3-8,10H,9H2,1-2H3. The molecule has 0 aliphatic carbocycles. The Morgan fingerprint density at radius 3 is 2.61 bits per heavy atom. The number of aromatic nitrogens is 5. The Kier molecular flexibility index (Phi) is 4.38. The van der Waals surface area contributed by atoms with E-state index < -0.39 is 11.6 Å². The number of halogens is 2. The molecule has 0 saturated heterocycles. The third kappa shape index (κ3) is 3.13. The van der Waals surface area contributed by atoms with E-state index in [4.69, 9.17) is 0 Å². The molecule has 6 nitrogen and oxygen atoms in total. The number of fused-ring (bicyclic) bond motifs is 1. The Balaban J connectivity index is 1.94. The van der Waals surface area contributed by atoms with Gasteiger partial charge in [-0.15, -0.1) is 0 Å². The number of rotatable bonds is 4. The van der Waals surface area contributed by atoms with E-state index in [9.17, 15) is 13.6 Å². The van der Waals surface area contributed by atoms with Gasteiger partial charge in [-0.1, -0.05) is 12.1 Å². The summed E-state index contributed by atoms with van der Waals surface area (Å²) in [4.78, 5) is 28.1. The molecule has 1 aromatic carbocycles. The molecule has 0 fully saturated rings. The fourth-order valence-corrected chi connectivity index (χ4v) is 3.11. The Bertz CT molecular complexity index is 1220. The average Bonchev–Trinajstić information content (AvgIpc) is 3.02. The Labute approximate surface area is 158 Å². The average molecular weight is 379 g/mol. The summed E-state index contributed by atoms with van der Waals surface area (Å²) in [5, 5.41) is 0. The molecular weight excluding hydrogens is 364 g/mol. The minimum absolute atomic E-state index is 0.100. The first-order chi connectivity index (χ1) is 13.5. The maximum absolute atomic E-state index is 14.5. The van der Waals surface area contributed by atoms with E-state index in [1.165, 1.54) is 18.3 Å². The highest BCUT2D eigenvalue weighted by atomic mass is 19.1. The van der Waals surface area contributed by atoms with Crippen LogP contribution in [0.25, 0.3) is 22.6 Å². The number of benzene rings is 1. The summed E-state index contributed by atoms with van der Waals surface area (Å²) in [6.07, 6.45) is 3.18. The molecule has 0 N–H and O–H groups in total. The van der Waals surface area contributed by atoms with Gasteiger partial charge in [-0.2, -0.15) is 0 Å². The zero-order valence-corrected chi connectivity index (χ0v) is 15.1. The molecule has 4 rings (SSSR count). The lowest BCUT2D eigenvalue weighted by Gasteiger charge is -2.10. The van der Waals surface area contributed by atoms with Gasteiger partial charge >= 0.3 is 0 Å². The highest BCUT2D eigenvalue weighted by Crippen LogP contribution is 2.27. The number of aldehydes is 1. The van der Waals surface area contributed by atoms with Crippen LogP contribution in [-0.2, 0) is 6.54 Å². The second kappa shape index (κ2) is 6.88. The number of hydrogen-bond donors (Lipinski definition) is 0. The van der Waals surface area contributed by atoms with E-state index in [1.807, 2.05) is 0 Å². The van der Waals surface area contributed by atoms with E-state index in [0.29, 0.717) is 45.9 Å². The maximum Gasteiger partial charge on any atom is 0.164 e. The van der Waals surface area contributed by atoms with Gasteiger partial charge in [-0.05, 0) is 26.0 Å². The van der Waals surface area contributed by atoms with E-state index in [-0.39, 0.29) is 12.1 Å². The number of hydrogen-bond acceptors (Lipinski definition) is 5. The SMILES string of the molecule is Cc1nc(C)c2nc(-c3cncc(F)c3)n(Cc3ccc(C=O)cc3F)c2n1. The van der Waals surface area contributed by atoms with Gasteiger partial charge in [-0.3, -0.25) is 9.78 Å². The molecule has 3 heterocycles. The second-order valence-corrected chi connectivity index (χ2v) is 6.41. The summed E-state index contributed by atoms with van der Waals surface area (Å²) in [5.74, 6) is -0.0652. The summed E-state index contributed by atoms with van der Waals surface area (Å²) >= 11 is 0. The Morgan fingerprint density at radius 1 is 1.07 bits per heavy atom. The molecule has 0 atom stereocenters. The molecule has 0 amide bonds. The highest BCUT2D eigenvalue weighted by Gasteiger charge is 2.19. The van der Waals surface area contributed by atoms with Crippen LogP contribution < -0.4 is 0 Å². The van der Waals surface area contributed by atoms with E-state index in [0.717, 1.165) is 6.20 Å². The molecule has 0 saturated carbocycles. The summed E-state index contributed by atoms with van der Waals surface area (Å²) in [6.45, 7) is 3.66. The van der Waals surface area contributed by atoms with Crippen molar-refractivity contribution in [1.29, 1.82) is 0 Å². The van der Waals surface area contributed by atoms with Crippen molar-refractivity contribution in [1.82, 2.24) is 24.5 Å². The fourth-order valence-electron chi connectivity index (χ4n) is 3.11. The lowest BCUT2D eigenvalue weighted by atomic mass is 10.1. The first kappa shape index (κ1) is 17.8. The van der Waals surface area contributed by atoms with E-state index in [1.54, 1.807) is 30.5 Å². The van der Waals surface area contributed by atoms with Gasteiger partial charge in [-0.25, -0.2) is 23.7 Å². The van der Waals surface area contributed by atoms with Crippen LogP contribution in [0.4, 0.5) is 8.78 Å². The van der Waals surface area contributed by atoms with Crippen molar-refractivity contribution in [3.63, 3.8) is 0 Å². The summed E-state index contributed by atoms with van der Waals surface area (Å²) in [7, 11) is 0. The van der Waals surface area contributed by atoms with E-state index >= 15 is 0 Å². The van der Waals surface area contributed by atoms with Gasteiger partial charge in [0.05, 0.1) is 18.4 Å². The largest absolute Gasteiger partial charge is 0.304 e. The molecule has 0 unspecified atom stereocenters. The molecule has 4 aromatic rings. The third-order valence-electron chi connectivity index (χ3n) is 4.39. The van der Waals surface area contributed by atoms with Crippen LogP contribution in [0.5, 0.6) is 0 Å². The lowest BCUT2D eigenvalue weighted by molar-refractivity contribution is 0.112. The predicted octanol–water partition coefficient (Wildman–Crippen LogP) is 3.64. The van der Waals surface area contributed by atoms with E-state index in [2.05, 4.69) is 19.9 Å². The van der Waals surface area contributed by atoms with Crippen molar-refractivity contribution in [2.24, 2.45) is 0 Å². The van der Waals surface area contributed by atoms with Crippen LogP contribution in [0.1, 0.15) is 27.4 Å². The van der Waals surface area contributed by atoms with Crippen molar-refractivity contribution < 1.29 is 13.6 Å². The maximum atomic E-state index is 14.5. The quantitative estimate of drug-likeness (QED) is 0.506. The minimum atomic E-state index is -0.516. The first-order valence-electron chi connectivity index (χ1n) is 8.52. The second-order valence-electron chi connectivity index (χ2n) is 6.41. The van der Waals surface area contributed by atoms with Gasteiger partial charge in [0, 0.05) is 22.9 Å². The molecule has 0 radical (unpaired) electrons. The molecule has 140 valence electrons. The van der Waals surface area contributed by atoms with Gasteiger partial charge in [0.2, 0.25) is 0 Å².